The van der Waals surface area contributed by atoms with Crippen LogP contribution in [0.4, 0.5) is 0 Å². The van der Waals surface area contributed by atoms with Crippen LogP contribution in [0.25, 0.3) is 33.1 Å². The Labute approximate surface area is 147 Å². The second kappa shape index (κ2) is 5.14. The van der Waals surface area contributed by atoms with Gasteiger partial charge in [-0.1, -0.05) is 0 Å². The van der Waals surface area contributed by atoms with Crippen molar-refractivity contribution in [1.82, 2.24) is 25.4 Å². The van der Waals surface area contributed by atoms with E-state index in [1.54, 1.807) is 0 Å². The number of H-pyrrole nitrogens is 2. The van der Waals surface area contributed by atoms with Crippen molar-refractivity contribution in [3.63, 3.8) is 0 Å². The molecular weight excluding hydrogens is 366 g/mol. The molecule has 5 nitrogen and oxygen atoms in total. The van der Waals surface area contributed by atoms with Crippen LogP contribution in [0.3, 0.4) is 0 Å². The molecule has 1 aromatic carbocycles. The highest BCUT2D eigenvalue weighted by Crippen LogP contribution is 2.39. The fourth-order valence-corrected chi connectivity index (χ4v) is 4.43. The first-order valence-electron chi connectivity index (χ1n) is 8.21. The molecule has 0 amide bonds. The van der Waals surface area contributed by atoms with E-state index in [0.717, 1.165) is 50.7 Å². The average molecular weight is 382 g/mol. The Morgan fingerprint density at radius 1 is 1.04 bits per heavy atom. The molecule has 6 heteroatoms. The van der Waals surface area contributed by atoms with Gasteiger partial charge in [0.15, 0.2) is 0 Å². The smallest absolute Gasteiger partial charge is 0.0800 e. The lowest BCUT2D eigenvalue weighted by atomic mass is 9.85. The number of nitrogens with zero attached hydrogens (tertiary/aromatic N) is 3. The predicted molar refractivity (Wildman–Crippen MR) is 98.1 cm³/mol. The summed E-state index contributed by atoms with van der Waals surface area (Å²) in [4.78, 5) is 5.05. The summed E-state index contributed by atoms with van der Waals surface area (Å²) in [5.74, 6) is 0. The molecule has 1 aliphatic rings. The van der Waals surface area contributed by atoms with Gasteiger partial charge in [0.2, 0.25) is 0 Å². The largest absolute Gasteiger partial charge is 0.282 e. The molecule has 3 aromatic heterocycles. The summed E-state index contributed by atoms with van der Waals surface area (Å²) in [5, 5.41) is 17.0. The number of hydrogen-bond acceptors (Lipinski definition) is 3. The Balaban J connectivity index is 1.96. The zero-order chi connectivity index (χ0) is 16.3. The van der Waals surface area contributed by atoms with Gasteiger partial charge in [-0.2, -0.15) is 10.2 Å². The highest BCUT2D eigenvalue weighted by Gasteiger charge is 2.23. The highest BCUT2D eigenvalue weighted by atomic mass is 79.9. The number of fused-ring (bicyclic) bond motifs is 5. The molecule has 0 spiro atoms. The average Bonchev–Trinajstić information content (AvgIpc) is 3.23. The maximum atomic E-state index is 5.05. The van der Waals surface area contributed by atoms with Crippen molar-refractivity contribution in [1.29, 1.82) is 0 Å². The monoisotopic (exact) mass is 381 g/mol. The summed E-state index contributed by atoms with van der Waals surface area (Å²) in [6.45, 7) is 2.05. The van der Waals surface area contributed by atoms with Gasteiger partial charge in [0.25, 0.3) is 0 Å². The first-order valence-corrected chi connectivity index (χ1v) is 9.00. The minimum Gasteiger partial charge on any atom is -0.282 e. The van der Waals surface area contributed by atoms with Crippen LogP contribution in [0.1, 0.15) is 29.7 Å². The molecule has 0 unspecified atom stereocenters. The van der Waals surface area contributed by atoms with Crippen molar-refractivity contribution >= 4 is 37.7 Å². The van der Waals surface area contributed by atoms with Crippen LogP contribution < -0.4 is 0 Å². The molecule has 0 saturated heterocycles. The first kappa shape index (κ1) is 14.2. The van der Waals surface area contributed by atoms with Gasteiger partial charge < -0.3 is 0 Å². The van der Waals surface area contributed by atoms with Crippen LogP contribution in [0.2, 0.25) is 0 Å². The number of aromatic amines is 2. The quantitative estimate of drug-likeness (QED) is 0.511. The summed E-state index contributed by atoms with van der Waals surface area (Å²) in [6.07, 6.45) is 8.43. The number of hydrogen-bond donors (Lipinski definition) is 2. The van der Waals surface area contributed by atoms with E-state index in [1.165, 1.54) is 29.4 Å². The van der Waals surface area contributed by atoms with Gasteiger partial charge >= 0.3 is 0 Å². The maximum absolute atomic E-state index is 5.05. The lowest BCUT2D eigenvalue weighted by Gasteiger charge is -2.21. The van der Waals surface area contributed by atoms with Crippen LogP contribution >= 0.6 is 15.9 Å². The minimum atomic E-state index is 1.00. The highest BCUT2D eigenvalue weighted by molar-refractivity contribution is 9.10. The third kappa shape index (κ3) is 1.89. The molecule has 24 heavy (non-hydrogen) atoms. The molecular formula is C18H16BrN5. The van der Waals surface area contributed by atoms with Gasteiger partial charge in [-0.25, -0.2) is 4.98 Å². The van der Waals surface area contributed by atoms with Gasteiger partial charge in [-0.3, -0.25) is 10.2 Å². The third-order valence-electron chi connectivity index (χ3n) is 5.04. The number of aryl methyl sites for hydroxylation is 2. The van der Waals surface area contributed by atoms with Crippen LogP contribution in [0.15, 0.2) is 22.9 Å². The van der Waals surface area contributed by atoms with Gasteiger partial charge in [0, 0.05) is 26.5 Å². The molecule has 0 fully saturated rings. The third-order valence-corrected chi connectivity index (χ3v) is 5.67. The van der Waals surface area contributed by atoms with Crippen LogP contribution in [0, 0.1) is 6.92 Å². The van der Waals surface area contributed by atoms with Crippen molar-refractivity contribution in [2.75, 3.05) is 0 Å². The summed E-state index contributed by atoms with van der Waals surface area (Å²) < 4.78 is 1.00. The topological polar surface area (TPSA) is 70.2 Å². The molecule has 2 N–H and O–H groups in total. The van der Waals surface area contributed by atoms with Crippen molar-refractivity contribution in [2.45, 2.75) is 32.6 Å². The summed E-state index contributed by atoms with van der Waals surface area (Å²) in [5.41, 5.74) is 8.13. The number of halogens is 1. The Kier molecular flexibility index (Phi) is 3.03. The van der Waals surface area contributed by atoms with Gasteiger partial charge in [0.05, 0.1) is 29.1 Å². The Hall–Kier alpha value is -2.21. The second-order valence-electron chi connectivity index (χ2n) is 6.44. The van der Waals surface area contributed by atoms with Gasteiger partial charge in [-0.05, 0) is 65.7 Å². The Bertz CT molecular complexity index is 1090. The number of aromatic nitrogens is 5. The minimum absolute atomic E-state index is 1.00. The maximum Gasteiger partial charge on any atom is 0.0800 e. The van der Waals surface area contributed by atoms with E-state index in [1.807, 2.05) is 12.4 Å². The summed E-state index contributed by atoms with van der Waals surface area (Å²) >= 11 is 3.65. The van der Waals surface area contributed by atoms with Gasteiger partial charge in [-0.15, -0.1) is 0 Å². The number of rotatable bonds is 1. The number of nitrogens with one attached hydrogen (secondary N) is 2. The van der Waals surface area contributed by atoms with Crippen LogP contribution in [-0.4, -0.2) is 25.4 Å². The molecule has 0 saturated carbocycles. The van der Waals surface area contributed by atoms with Crippen LogP contribution in [-0.2, 0) is 12.8 Å². The fraction of sp³-hybridized carbons (Fsp3) is 0.278. The lowest BCUT2D eigenvalue weighted by Crippen LogP contribution is -2.08. The van der Waals surface area contributed by atoms with E-state index in [-0.39, 0.29) is 0 Å². The van der Waals surface area contributed by atoms with Crippen molar-refractivity contribution in [2.24, 2.45) is 0 Å². The van der Waals surface area contributed by atoms with E-state index in [9.17, 15) is 0 Å². The van der Waals surface area contributed by atoms with E-state index >= 15 is 0 Å². The molecule has 3 heterocycles. The Morgan fingerprint density at radius 3 is 2.62 bits per heavy atom. The van der Waals surface area contributed by atoms with E-state index in [0.29, 0.717) is 0 Å². The molecule has 120 valence electrons. The molecule has 0 bridgehead atoms. The van der Waals surface area contributed by atoms with Crippen molar-refractivity contribution in [3.05, 3.63) is 39.8 Å². The molecule has 1 aliphatic carbocycles. The summed E-state index contributed by atoms with van der Waals surface area (Å²) in [6, 6.07) is 2.10. The normalized spacial score (nSPS) is 14.4. The fourth-order valence-electron chi connectivity index (χ4n) is 3.91. The lowest BCUT2D eigenvalue weighted by molar-refractivity contribution is 0.689. The first-order chi connectivity index (χ1) is 11.7. The van der Waals surface area contributed by atoms with Gasteiger partial charge in [0.1, 0.15) is 0 Å². The summed E-state index contributed by atoms with van der Waals surface area (Å²) in [7, 11) is 0. The van der Waals surface area contributed by atoms with E-state index in [4.69, 9.17) is 4.98 Å². The van der Waals surface area contributed by atoms with Crippen molar-refractivity contribution < 1.29 is 0 Å². The number of benzene rings is 1. The predicted octanol–water partition coefficient (Wildman–Crippen LogP) is 4.45. The van der Waals surface area contributed by atoms with Crippen LogP contribution in [0.5, 0.6) is 0 Å². The molecule has 0 radical (unpaired) electrons. The van der Waals surface area contributed by atoms with Crippen molar-refractivity contribution in [3.8, 4) is 11.3 Å². The molecule has 4 aromatic rings. The van der Waals surface area contributed by atoms with E-state index in [2.05, 4.69) is 49.3 Å². The van der Waals surface area contributed by atoms with E-state index < -0.39 is 0 Å². The Morgan fingerprint density at radius 2 is 1.83 bits per heavy atom. The number of pyridine rings is 1. The molecule has 0 aliphatic heterocycles. The SMILES string of the molecule is Cc1[nH]ncc1-c1nc2cc(Br)c3[nH]ncc3c2c2c1CCCC2. The zero-order valence-corrected chi connectivity index (χ0v) is 14.9. The molecule has 0 atom stereocenters. The second-order valence-corrected chi connectivity index (χ2v) is 7.30. The molecule has 5 rings (SSSR count). The standard InChI is InChI=1S/C18H16BrN5/c1-9-12(7-20-23-9)17-11-5-3-2-4-10(11)16-13-8-21-24-18(13)14(19)6-15(16)22-17/h6-8H,2-5H2,1H3,(H,20,23)(H,21,24). The zero-order valence-electron chi connectivity index (χ0n) is 13.3.